The third-order valence-corrected chi connectivity index (χ3v) is 7.23. The molecule has 0 atom stereocenters. The molecule has 0 bridgehead atoms. The maximum atomic E-state index is 13.5. The molecule has 1 aliphatic carbocycles. The molecular formula is C26H32N6O2. The first-order valence-corrected chi connectivity index (χ1v) is 12.5. The number of carbonyl (C=O) groups excluding carboxylic acids is 1. The van der Waals surface area contributed by atoms with Gasteiger partial charge in [0.05, 0.1) is 36.4 Å². The fraction of sp³-hybridized carbons (Fsp3) is 0.500. The number of carbonyl (C=O) groups is 1. The van der Waals surface area contributed by atoms with Crippen LogP contribution in [0.25, 0.3) is 16.9 Å². The highest BCUT2D eigenvalue weighted by Gasteiger charge is 2.32. The van der Waals surface area contributed by atoms with E-state index < -0.39 is 0 Å². The molecule has 2 aromatic heterocycles. The van der Waals surface area contributed by atoms with Gasteiger partial charge in [0, 0.05) is 51.4 Å². The molecule has 178 valence electrons. The second kappa shape index (κ2) is 9.44. The number of benzene rings is 1. The predicted octanol–water partition coefficient (Wildman–Crippen LogP) is 2.23. The molecule has 3 aromatic rings. The Morgan fingerprint density at radius 1 is 1.09 bits per heavy atom. The molecule has 8 nitrogen and oxygen atoms in total. The largest absolute Gasteiger partial charge is 0.379 e. The molecule has 6 rings (SSSR count). The standard InChI is InChI=1S/C26H32N6O2/c33-26(27-9-11-30-12-14-34-15-13-30)24-21-8-10-31(17-19-6-7-19)18-23(21)32-25(24)29-22(16-28-32)20-4-2-1-3-5-20/h1-5,16,19H,6-15,17-18H2,(H,27,33). The van der Waals surface area contributed by atoms with Crippen molar-refractivity contribution < 1.29 is 9.53 Å². The SMILES string of the molecule is O=C(NCCN1CCOCC1)c1c2c(n3ncc(-c4ccccc4)nc13)CN(CC1CC1)CC2. The Labute approximate surface area is 199 Å². The van der Waals surface area contributed by atoms with Crippen LogP contribution in [0.2, 0.25) is 0 Å². The van der Waals surface area contributed by atoms with Crippen molar-refractivity contribution in [2.24, 2.45) is 5.92 Å². The molecule has 3 aliphatic rings. The van der Waals surface area contributed by atoms with Crippen LogP contribution in [0, 0.1) is 5.92 Å². The van der Waals surface area contributed by atoms with Crippen molar-refractivity contribution in [1.82, 2.24) is 29.7 Å². The van der Waals surface area contributed by atoms with Gasteiger partial charge in [0.2, 0.25) is 0 Å². The number of hydrogen-bond acceptors (Lipinski definition) is 6. The highest BCUT2D eigenvalue weighted by molar-refractivity contribution is 6.02. The normalized spacial score (nSPS) is 19.3. The fourth-order valence-electron chi connectivity index (χ4n) is 5.17. The van der Waals surface area contributed by atoms with Crippen molar-refractivity contribution in [3.05, 3.63) is 53.3 Å². The van der Waals surface area contributed by atoms with Crippen LogP contribution in [0.3, 0.4) is 0 Å². The van der Waals surface area contributed by atoms with Crippen LogP contribution in [-0.2, 0) is 17.7 Å². The summed E-state index contributed by atoms with van der Waals surface area (Å²) < 4.78 is 7.34. The van der Waals surface area contributed by atoms with Crippen LogP contribution in [-0.4, -0.2) is 82.8 Å². The fourth-order valence-corrected chi connectivity index (χ4v) is 5.17. The molecule has 0 spiro atoms. The van der Waals surface area contributed by atoms with Crippen molar-refractivity contribution in [3.63, 3.8) is 0 Å². The van der Waals surface area contributed by atoms with Crippen LogP contribution < -0.4 is 5.32 Å². The lowest BCUT2D eigenvalue weighted by atomic mass is 10.0. The lowest BCUT2D eigenvalue weighted by Crippen LogP contribution is -2.41. The number of ether oxygens (including phenoxy) is 1. The van der Waals surface area contributed by atoms with E-state index in [0.717, 1.165) is 87.3 Å². The molecule has 1 N–H and O–H groups in total. The highest BCUT2D eigenvalue weighted by atomic mass is 16.5. The molecule has 1 saturated carbocycles. The topological polar surface area (TPSA) is 75.0 Å². The summed E-state index contributed by atoms with van der Waals surface area (Å²) in [5, 5.41) is 7.95. The number of hydrogen-bond donors (Lipinski definition) is 1. The van der Waals surface area contributed by atoms with Crippen molar-refractivity contribution in [2.45, 2.75) is 25.8 Å². The van der Waals surface area contributed by atoms with Crippen LogP contribution >= 0.6 is 0 Å². The van der Waals surface area contributed by atoms with Gasteiger partial charge in [0.15, 0.2) is 5.65 Å². The van der Waals surface area contributed by atoms with Crippen LogP contribution in [0.5, 0.6) is 0 Å². The quantitative estimate of drug-likeness (QED) is 0.583. The monoisotopic (exact) mass is 460 g/mol. The summed E-state index contributed by atoms with van der Waals surface area (Å²) in [6.07, 6.45) is 5.37. The number of morpholine rings is 1. The van der Waals surface area contributed by atoms with Gasteiger partial charge < -0.3 is 10.1 Å². The summed E-state index contributed by atoms with van der Waals surface area (Å²) in [6, 6.07) is 10.1. The summed E-state index contributed by atoms with van der Waals surface area (Å²) in [6.45, 7) is 7.77. The zero-order chi connectivity index (χ0) is 22.9. The number of amides is 1. The Hall–Kier alpha value is -2.81. The summed E-state index contributed by atoms with van der Waals surface area (Å²) in [5.41, 5.74) is 5.40. The average Bonchev–Trinajstić information content (AvgIpc) is 3.64. The Bertz CT molecular complexity index is 1170. The van der Waals surface area contributed by atoms with Gasteiger partial charge in [-0.05, 0) is 30.7 Å². The molecular weight excluding hydrogens is 428 g/mol. The van der Waals surface area contributed by atoms with E-state index >= 15 is 0 Å². The molecule has 1 saturated heterocycles. The van der Waals surface area contributed by atoms with Crippen molar-refractivity contribution in [1.29, 1.82) is 0 Å². The molecule has 1 aromatic carbocycles. The Morgan fingerprint density at radius 3 is 2.71 bits per heavy atom. The third-order valence-electron chi connectivity index (χ3n) is 7.23. The van der Waals surface area contributed by atoms with E-state index in [-0.39, 0.29) is 5.91 Å². The van der Waals surface area contributed by atoms with Crippen molar-refractivity contribution in [2.75, 3.05) is 52.5 Å². The van der Waals surface area contributed by atoms with Gasteiger partial charge in [0.1, 0.15) is 0 Å². The summed E-state index contributed by atoms with van der Waals surface area (Å²) >= 11 is 0. The number of fused-ring (bicyclic) bond motifs is 3. The van der Waals surface area contributed by atoms with E-state index in [1.165, 1.54) is 12.8 Å². The van der Waals surface area contributed by atoms with Crippen LogP contribution in [0.15, 0.2) is 36.5 Å². The molecule has 4 heterocycles. The molecule has 1 amide bonds. The zero-order valence-electron chi connectivity index (χ0n) is 19.6. The Balaban J connectivity index is 1.31. The van der Waals surface area contributed by atoms with Crippen LogP contribution in [0.4, 0.5) is 0 Å². The molecule has 2 fully saturated rings. The van der Waals surface area contributed by atoms with Gasteiger partial charge >= 0.3 is 0 Å². The molecule has 8 heteroatoms. The maximum absolute atomic E-state index is 13.5. The summed E-state index contributed by atoms with van der Waals surface area (Å²) in [4.78, 5) is 23.3. The zero-order valence-corrected chi connectivity index (χ0v) is 19.6. The first-order valence-electron chi connectivity index (χ1n) is 12.5. The molecule has 2 aliphatic heterocycles. The summed E-state index contributed by atoms with van der Waals surface area (Å²) in [5.74, 6) is 0.800. The van der Waals surface area contributed by atoms with E-state index in [1.807, 2.05) is 41.0 Å². The summed E-state index contributed by atoms with van der Waals surface area (Å²) in [7, 11) is 0. The third kappa shape index (κ3) is 4.45. The number of nitrogens with one attached hydrogen (secondary N) is 1. The maximum Gasteiger partial charge on any atom is 0.255 e. The first-order chi connectivity index (χ1) is 16.8. The first kappa shape index (κ1) is 21.7. The van der Waals surface area contributed by atoms with E-state index in [2.05, 4.69) is 15.1 Å². The highest BCUT2D eigenvalue weighted by Crippen LogP contribution is 2.33. The van der Waals surface area contributed by atoms with E-state index in [4.69, 9.17) is 14.8 Å². The minimum Gasteiger partial charge on any atom is -0.379 e. The smallest absolute Gasteiger partial charge is 0.255 e. The second-order valence-corrected chi connectivity index (χ2v) is 9.68. The average molecular weight is 461 g/mol. The van der Waals surface area contributed by atoms with Crippen LogP contribution in [0.1, 0.15) is 34.5 Å². The van der Waals surface area contributed by atoms with E-state index in [0.29, 0.717) is 17.8 Å². The van der Waals surface area contributed by atoms with Gasteiger partial charge in [-0.15, -0.1) is 0 Å². The Kier molecular flexibility index (Phi) is 6.03. The second-order valence-electron chi connectivity index (χ2n) is 9.68. The molecule has 0 radical (unpaired) electrons. The number of nitrogens with zero attached hydrogens (tertiary/aromatic N) is 5. The van der Waals surface area contributed by atoms with E-state index in [9.17, 15) is 4.79 Å². The number of rotatable bonds is 7. The van der Waals surface area contributed by atoms with Crippen molar-refractivity contribution in [3.8, 4) is 11.3 Å². The Morgan fingerprint density at radius 2 is 1.91 bits per heavy atom. The predicted molar refractivity (Wildman–Crippen MR) is 130 cm³/mol. The van der Waals surface area contributed by atoms with Gasteiger partial charge in [-0.2, -0.15) is 5.10 Å². The van der Waals surface area contributed by atoms with Gasteiger partial charge in [-0.1, -0.05) is 30.3 Å². The minimum atomic E-state index is -0.0397. The lowest BCUT2D eigenvalue weighted by Gasteiger charge is -2.27. The van der Waals surface area contributed by atoms with E-state index in [1.54, 1.807) is 0 Å². The van der Waals surface area contributed by atoms with Gasteiger partial charge in [-0.3, -0.25) is 14.6 Å². The molecule has 0 unspecified atom stereocenters. The lowest BCUT2D eigenvalue weighted by molar-refractivity contribution is 0.0383. The van der Waals surface area contributed by atoms with Gasteiger partial charge in [0.25, 0.3) is 5.91 Å². The van der Waals surface area contributed by atoms with Crippen molar-refractivity contribution >= 4 is 11.6 Å². The minimum absolute atomic E-state index is 0.0397. The van der Waals surface area contributed by atoms with Gasteiger partial charge in [-0.25, -0.2) is 9.50 Å². The molecule has 34 heavy (non-hydrogen) atoms. The number of aromatic nitrogens is 3.